The van der Waals surface area contributed by atoms with Crippen LogP contribution in [0, 0.1) is 0 Å². The lowest BCUT2D eigenvalue weighted by molar-refractivity contribution is 0.0954. The monoisotopic (exact) mass is 322 g/mol. The number of rotatable bonds is 4. The molecule has 112 valence electrons. The normalized spacial score (nSPS) is 11.4. The summed E-state index contributed by atoms with van der Waals surface area (Å²) in [7, 11) is 0. The Morgan fingerprint density at radius 1 is 1.38 bits per heavy atom. The number of carbonyl (C=O) groups is 1. The van der Waals surface area contributed by atoms with Gasteiger partial charge in [-0.2, -0.15) is 11.3 Å². The number of carbonyl (C=O) groups excluding carboxylic acids is 1. The SMILES string of the molecule is CC(C)(C)c1cc(C(=O)NCCc2ccsc2)cc(Cl)n1. The van der Waals surface area contributed by atoms with Gasteiger partial charge in [-0.3, -0.25) is 4.79 Å². The molecule has 0 aromatic carbocycles. The summed E-state index contributed by atoms with van der Waals surface area (Å²) in [6.45, 7) is 6.75. The number of thiophene rings is 1. The van der Waals surface area contributed by atoms with Crippen molar-refractivity contribution in [3.63, 3.8) is 0 Å². The van der Waals surface area contributed by atoms with Gasteiger partial charge in [0.05, 0.1) is 0 Å². The zero-order valence-corrected chi connectivity index (χ0v) is 14.0. The number of nitrogens with one attached hydrogen (secondary N) is 1. The largest absolute Gasteiger partial charge is 0.352 e. The molecule has 0 bridgehead atoms. The van der Waals surface area contributed by atoms with Crippen LogP contribution < -0.4 is 5.32 Å². The molecule has 3 nitrogen and oxygen atoms in total. The highest BCUT2D eigenvalue weighted by atomic mass is 35.5. The zero-order valence-electron chi connectivity index (χ0n) is 12.4. The van der Waals surface area contributed by atoms with Gasteiger partial charge in [-0.25, -0.2) is 4.98 Å². The summed E-state index contributed by atoms with van der Waals surface area (Å²) < 4.78 is 0. The molecule has 0 saturated heterocycles. The van der Waals surface area contributed by atoms with Crippen molar-refractivity contribution in [3.8, 4) is 0 Å². The summed E-state index contributed by atoms with van der Waals surface area (Å²) in [5, 5.41) is 7.40. The molecule has 1 amide bonds. The molecular weight excluding hydrogens is 304 g/mol. The maximum Gasteiger partial charge on any atom is 0.251 e. The first kappa shape index (κ1) is 16.0. The highest BCUT2D eigenvalue weighted by Crippen LogP contribution is 2.23. The molecule has 21 heavy (non-hydrogen) atoms. The smallest absolute Gasteiger partial charge is 0.251 e. The Hall–Kier alpha value is -1.39. The quantitative estimate of drug-likeness (QED) is 0.862. The van der Waals surface area contributed by atoms with Crippen LogP contribution in [0.25, 0.3) is 0 Å². The van der Waals surface area contributed by atoms with E-state index >= 15 is 0 Å². The van der Waals surface area contributed by atoms with Crippen LogP contribution >= 0.6 is 22.9 Å². The van der Waals surface area contributed by atoms with Crippen LogP contribution in [0.4, 0.5) is 0 Å². The van der Waals surface area contributed by atoms with E-state index in [9.17, 15) is 4.79 Å². The maximum absolute atomic E-state index is 12.2. The van der Waals surface area contributed by atoms with Crippen LogP contribution in [0.15, 0.2) is 29.0 Å². The topological polar surface area (TPSA) is 42.0 Å². The first-order valence-electron chi connectivity index (χ1n) is 6.83. The minimum absolute atomic E-state index is 0.111. The predicted molar refractivity (Wildman–Crippen MR) is 88.3 cm³/mol. The Labute approximate surface area is 134 Å². The second-order valence-electron chi connectivity index (χ2n) is 5.95. The van der Waals surface area contributed by atoms with E-state index in [0.29, 0.717) is 17.3 Å². The predicted octanol–water partition coefficient (Wildman–Crippen LogP) is 4.07. The molecule has 0 radical (unpaired) electrons. The number of hydrogen-bond donors (Lipinski definition) is 1. The molecule has 5 heteroatoms. The molecule has 0 spiro atoms. The third kappa shape index (κ3) is 4.55. The molecule has 2 rings (SSSR count). The third-order valence-electron chi connectivity index (χ3n) is 3.10. The van der Waals surface area contributed by atoms with Crippen LogP contribution in [-0.4, -0.2) is 17.4 Å². The average Bonchev–Trinajstić information content (AvgIpc) is 2.90. The number of hydrogen-bond acceptors (Lipinski definition) is 3. The molecule has 0 aliphatic rings. The Kier molecular flexibility index (Phi) is 5.01. The molecule has 2 heterocycles. The zero-order chi connectivity index (χ0) is 15.5. The minimum atomic E-state index is -0.142. The van der Waals surface area contributed by atoms with Crippen molar-refractivity contribution < 1.29 is 4.79 Å². The first-order chi connectivity index (χ1) is 9.86. The van der Waals surface area contributed by atoms with Crippen molar-refractivity contribution >= 4 is 28.8 Å². The Balaban J connectivity index is 2.03. The van der Waals surface area contributed by atoms with Crippen molar-refractivity contribution in [1.29, 1.82) is 0 Å². The molecule has 2 aromatic rings. The van der Waals surface area contributed by atoms with E-state index in [1.165, 1.54) is 5.56 Å². The lowest BCUT2D eigenvalue weighted by Gasteiger charge is -2.18. The summed E-state index contributed by atoms with van der Waals surface area (Å²) in [6.07, 6.45) is 0.834. The second kappa shape index (κ2) is 6.58. The van der Waals surface area contributed by atoms with E-state index in [2.05, 4.69) is 21.7 Å². The lowest BCUT2D eigenvalue weighted by atomic mass is 9.91. The maximum atomic E-state index is 12.2. The summed E-state index contributed by atoms with van der Waals surface area (Å²) >= 11 is 7.69. The van der Waals surface area contributed by atoms with E-state index in [4.69, 9.17) is 11.6 Å². The van der Waals surface area contributed by atoms with Gasteiger partial charge in [0.2, 0.25) is 0 Å². The Bertz CT molecular complexity index is 618. The van der Waals surface area contributed by atoms with Crippen LogP contribution in [0.5, 0.6) is 0 Å². The fourth-order valence-corrected chi connectivity index (χ4v) is 2.78. The highest BCUT2D eigenvalue weighted by molar-refractivity contribution is 7.07. The van der Waals surface area contributed by atoms with Crippen molar-refractivity contribution in [2.24, 2.45) is 0 Å². The standard InChI is InChI=1S/C16H19ClN2OS/c1-16(2,3)13-8-12(9-14(17)19-13)15(20)18-6-4-11-5-7-21-10-11/h5,7-10H,4,6H2,1-3H3,(H,18,20). The van der Waals surface area contributed by atoms with E-state index in [-0.39, 0.29) is 11.3 Å². The highest BCUT2D eigenvalue weighted by Gasteiger charge is 2.18. The third-order valence-corrected chi connectivity index (χ3v) is 4.03. The molecule has 0 unspecified atom stereocenters. The summed E-state index contributed by atoms with van der Waals surface area (Å²) in [5.41, 5.74) is 2.48. The summed E-state index contributed by atoms with van der Waals surface area (Å²) in [5.74, 6) is -0.111. The van der Waals surface area contributed by atoms with E-state index < -0.39 is 0 Å². The molecule has 0 fully saturated rings. The lowest BCUT2D eigenvalue weighted by Crippen LogP contribution is -2.26. The molecular formula is C16H19ClN2OS. The van der Waals surface area contributed by atoms with Gasteiger partial charge >= 0.3 is 0 Å². The van der Waals surface area contributed by atoms with Gasteiger partial charge in [-0.1, -0.05) is 32.4 Å². The van der Waals surface area contributed by atoms with Crippen LogP contribution in [-0.2, 0) is 11.8 Å². The van der Waals surface area contributed by atoms with Gasteiger partial charge in [0.1, 0.15) is 5.15 Å². The van der Waals surface area contributed by atoms with Gasteiger partial charge in [0.15, 0.2) is 0 Å². The molecule has 0 atom stereocenters. The van der Waals surface area contributed by atoms with E-state index in [1.807, 2.05) is 32.2 Å². The number of aromatic nitrogens is 1. The molecule has 0 aliphatic heterocycles. The van der Waals surface area contributed by atoms with Crippen molar-refractivity contribution in [1.82, 2.24) is 10.3 Å². The number of pyridine rings is 1. The van der Waals surface area contributed by atoms with Crippen LogP contribution in [0.3, 0.4) is 0 Å². The van der Waals surface area contributed by atoms with Crippen molar-refractivity contribution in [2.75, 3.05) is 6.54 Å². The number of halogens is 1. The molecule has 0 aliphatic carbocycles. The van der Waals surface area contributed by atoms with Crippen LogP contribution in [0.2, 0.25) is 5.15 Å². The first-order valence-corrected chi connectivity index (χ1v) is 8.15. The minimum Gasteiger partial charge on any atom is -0.352 e. The van der Waals surface area contributed by atoms with Gasteiger partial charge in [-0.15, -0.1) is 0 Å². The van der Waals surface area contributed by atoms with Crippen molar-refractivity contribution in [3.05, 3.63) is 50.9 Å². The Morgan fingerprint density at radius 3 is 2.76 bits per heavy atom. The molecule has 1 N–H and O–H groups in total. The summed E-state index contributed by atoms with van der Waals surface area (Å²) in [6, 6.07) is 5.49. The fraction of sp³-hybridized carbons (Fsp3) is 0.375. The second-order valence-corrected chi connectivity index (χ2v) is 7.12. The van der Waals surface area contributed by atoms with Crippen LogP contribution in [0.1, 0.15) is 42.4 Å². The van der Waals surface area contributed by atoms with Gasteiger partial charge in [-0.05, 0) is 40.9 Å². The fourth-order valence-electron chi connectivity index (χ4n) is 1.87. The van der Waals surface area contributed by atoms with Gasteiger partial charge in [0, 0.05) is 23.2 Å². The van der Waals surface area contributed by atoms with Crippen molar-refractivity contribution in [2.45, 2.75) is 32.6 Å². The number of amides is 1. The molecule has 2 aromatic heterocycles. The molecule has 0 saturated carbocycles. The Morgan fingerprint density at radius 2 is 2.14 bits per heavy atom. The van der Waals surface area contributed by atoms with E-state index in [1.54, 1.807) is 17.4 Å². The van der Waals surface area contributed by atoms with Gasteiger partial charge < -0.3 is 5.32 Å². The van der Waals surface area contributed by atoms with Gasteiger partial charge in [0.25, 0.3) is 5.91 Å². The summed E-state index contributed by atoms with van der Waals surface area (Å²) in [4.78, 5) is 16.5. The number of nitrogens with zero attached hydrogens (tertiary/aromatic N) is 1. The average molecular weight is 323 g/mol. The van der Waals surface area contributed by atoms with E-state index in [0.717, 1.165) is 12.1 Å².